The summed E-state index contributed by atoms with van der Waals surface area (Å²) < 4.78 is 1.91. The van der Waals surface area contributed by atoms with Crippen molar-refractivity contribution in [2.45, 2.75) is 20.8 Å². The first kappa shape index (κ1) is 13.4. The Morgan fingerprint density at radius 3 is 2.33 bits per heavy atom. The van der Waals surface area contributed by atoms with E-state index in [0.717, 1.165) is 22.2 Å². The highest BCUT2D eigenvalue weighted by Crippen LogP contribution is 2.26. The van der Waals surface area contributed by atoms with Gasteiger partial charge in [-0.3, -0.25) is 4.79 Å². The number of carbonyl (C=O) groups excluding carboxylic acids is 1. The smallest absolute Gasteiger partial charge is 0.210 e. The molecule has 0 aliphatic rings. The number of nitrogens with zero attached hydrogens (tertiary/aromatic N) is 1. The molecular weight excluding hydrogens is 262 g/mol. The zero-order valence-corrected chi connectivity index (χ0v) is 12.3. The molecule has 1 aromatic carbocycles. The average Bonchev–Trinajstić information content (AvgIpc) is 2.79. The summed E-state index contributed by atoms with van der Waals surface area (Å²) in [5.74, 6) is 0.230. The van der Waals surface area contributed by atoms with E-state index in [1.54, 1.807) is 12.1 Å². The summed E-state index contributed by atoms with van der Waals surface area (Å²) in [7, 11) is 0. The van der Waals surface area contributed by atoms with E-state index in [1.165, 1.54) is 0 Å². The molecule has 3 rings (SSSR count). The highest BCUT2D eigenvalue weighted by atomic mass is 16.3. The van der Waals surface area contributed by atoms with Crippen molar-refractivity contribution >= 4 is 11.3 Å². The molecule has 3 heteroatoms. The molecule has 0 spiro atoms. The standard InChI is InChI=1S/C18H17NO2/c1-11-10-15-6-4-5-7-19(15)16(11)18(21)14-8-12(2)17(20)13(3)9-14/h4-10,20H,1-3H3. The molecule has 21 heavy (non-hydrogen) atoms. The van der Waals surface area contributed by atoms with Crippen molar-refractivity contribution in [1.82, 2.24) is 4.40 Å². The van der Waals surface area contributed by atoms with Crippen LogP contribution < -0.4 is 0 Å². The number of hydrogen-bond donors (Lipinski definition) is 1. The van der Waals surface area contributed by atoms with Gasteiger partial charge in [-0.05, 0) is 67.8 Å². The average molecular weight is 279 g/mol. The first-order valence-electron chi connectivity index (χ1n) is 6.90. The molecule has 0 aliphatic carbocycles. The second-order valence-electron chi connectivity index (χ2n) is 5.46. The summed E-state index contributed by atoms with van der Waals surface area (Å²) in [6.45, 7) is 5.56. The maximum atomic E-state index is 12.9. The molecule has 0 saturated carbocycles. The molecule has 3 aromatic rings. The van der Waals surface area contributed by atoms with Crippen molar-refractivity contribution in [3.8, 4) is 5.75 Å². The third-order valence-corrected chi connectivity index (χ3v) is 3.84. The summed E-state index contributed by atoms with van der Waals surface area (Å²) in [5, 5.41) is 9.85. The van der Waals surface area contributed by atoms with Gasteiger partial charge in [-0.1, -0.05) is 6.07 Å². The SMILES string of the molecule is Cc1cc(C(=O)c2c(C)cc3ccccn23)cc(C)c1O. The quantitative estimate of drug-likeness (QED) is 0.725. The van der Waals surface area contributed by atoms with E-state index < -0.39 is 0 Å². The zero-order valence-electron chi connectivity index (χ0n) is 12.3. The number of pyridine rings is 1. The van der Waals surface area contributed by atoms with Crippen LogP contribution in [0.1, 0.15) is 32.7 Å². The predicted octanol–water partition coefficient (Wildman–Crippen LogP) is 3.80. The number of hydrogen-bond acceptors (Lipinski definition) is 2. The largest absolute Gasteiger partial charge is 0.507 e. The third kappa shape index (κ3) is 2.11. The lowest BCUT2D eigenvalue weighted by Crippen LogP contribution is -2.07. The Morgan fingerprint density at radius 1 is 1.00 bits per heavy atom. The molecule has 2 heterocycles. The van der Waals surface area contributed by atoms with Gasteiger partial charge in [0.25, 0.3) is 0 Å². The van der Waals surface area contributed by atoms with Crippen LogP contribution in [0.5, 0.6) is 5.75 Å². The number of aryl methyl sites for hydroxylation is 3. The molecule has 106 valence electrons. The first-order chi connectivity index (χ1) is 9.99. The number of benzene rings is 1. The topological polar surface area (TPSA) is 41.7 Å². The molecule has 0 saturated heterocycles. The van der Waals surface area contributed by atoms with Crippen molar-refractivity contribution < 1.29 is 9.90 Å². The molecule has 0 fully saturated rings. The van der Waals surface area contributed by atoms with Gasteiger partial charge in [0.2, 0.25) is 5.78 Å². The predicted molar refractivity (Wildman–Crippen MR) is 83.1 cm³/mol. The summed E-state index contributed by atoms with van der Waals surface area (Å²) in [6.07, 6.45) is 1.90. The van der Waals surface area contributed by atoms with E-state index in [1.807, 2.05) is 55.6 Å². The molecule has 2 aromatic heterocycles. The maximum Gasteiger partial charge on any atom is 0.210 e. The van der Waals surface area contributed by atoms with Crippen LogP contribution in [-0.4, -0.2) is 15.3 Å². The van der Waals surface area contributed by atoms with Crippen molar-refractivity contribution in [2.75, 3.05) is 0 Å². The van der Waals surface area contributed by atoms with Gasteiger partial charge >= 0.3 is 0 Å². The number of aromatic hydroxyl groups is 1. The fourth-order valence-electron chi connectivity index (χ4n) is 2.77. The lowest BCUT2D eigenvalue weighted by Gasteiger charge is -2.08. The number of fused-ring (bicyclic) bond motifs is 1. The third-order valence-electron chi connectivity index (χ3n) is 3.84. The van der Waals surface area contributed by atoms with Crippen LogP contribution in [0.25, 0.3) is 5.52 Å². The number of rotatable bonds is 2. The highest BCUT2D eigenvalue weighted by molar-refractivity contribution is 6.10. The zero-order chi connectivity index (χ0) is 15.1. The minimum absolute atomic E-state index is 0.0232. The first-order valence-corrected chi connectivity index (χ1v) is 6.90. The van der Waals surface area contributed by atoms with E-state index in [2.05, 4.69) is 0 Å². The normalized spacial score (nSPS) is 11.0. The van der Waals surface area contributed by atoms with Crippen LogP contribution in [0.15, 0.2) is 42.6 Å². The molecule has 0 bridgehead atoms. The molecule has 0 aliphatic heterocycles. The lowest BCUT2D eigenvalue weighted by atomic mass is 10.00. The Hall–Kier alpha value is -2.55. The van der Waals surface area contributed by atoms with Gasteiger partial charge < -0.3 is 9.51 Å². The summed E-state index contributed by atoms with van der Waals surface area (Å²) >= 11 is 0. The Labute approximate surface area is 123 Å². The van der Waals surface area contributed by atoms with Crippen molar-refractivity contribution in [2.24, 2.45) is 0 Å². The Kier molecular flexibility index (Phi) is 3.05. The van der Waals surface area contributed by atoms with Gasteiger partial charge in [0.15, 0.2) is 0 Å². The molecule has 3 nitrogen and oxygen atoms in total. The lowest BCUT2D eigenvalue weighted by molar-refractivity contribution is 0.103. The number of phenols is 1. The molecule has 1 N–H and O–H groups in total. The highest BCUT2D eigenvalue weighted by Gasteiger charge is 2.18. The number of carbonyl (C=O) groups is 1. The van der Waals surface area contributed by atoms with Crippen LogP contribution >= 0.6 is 0 Å². The van der Waals surface area contributed by atoms with E-state index in [-0.39, 0.29) is 11.5 Å². The Bertz CT molecular complexity index is 836. The molecule has 0 radical (unpaired) electrons. The molecule has 0 amide bonds. The van der Waals surface area contributed by atoms with Crippen molar-refractivity contribution in [3.63, 3.8) is 0 Å². The van der Waals surface area contributed by atoms with Gasteiger partial charge in [0, 0.05) is 17.3 Å². The van der Waals surface area contributed by atoms with Gasteiger partial charge in [0.05, 0.1) is 5.69 Å². The Balaban J connectivity index is 2.19. The van der Waals surface area contributed by atoms with Crippen molar-refractivity contribution in [3.05, 3.63) is 70.5 Å². The molecule has 0 atom stereocenters. The number of phenolic OH excluding ortho intramolecular Hbond substituents is 1. The van der Waals surface area contributed by atoms with E-state index in [4.69, 9.17) is 0 Å². The van der Waals surface area contributed by atoms with Crippen LogP contribution in [-0.2, 0) is 0 Å². The minimum Gasteiger partial charge on any atom is -0.507 e. The molecular formula is C18H17NO2. The van der Waals surface area contributed by atoms with Gasteiger partial charge in [0.1, 0.15) is 5.75 Å². The fourth-order valence-corrected chi connectivity index (χ4v) is 2.77. The number of aromatic nitrogens is 1. The van der Waals surface area contributed by atoms with Crippen LogP contribution in [0.4, 0.5) is 0 Å². The second kappa shape index (κ2) is 4.77. The summed E-state index contributed by atoms with van der Waals surface area (Å²) in [6, 6.07) is 11.3. The van der Waals surface area contributed by atoms with Crippen LogP contribution in [0.2, 0.25) is 0 Å². The van der Waals surface area contributed by atoms with E-state index in [0.29, 0.717) is 11.3 Å². The summed E-state index contributed by atoms with van der Waals surface area (Å²) in [4.78, 5) is 12.9. The van der Waals surface area contributed by atoms with Crippen LogP contribution in [0, 0.1) is 20.8 Å². The van der Waals surface area contributed by atoms with Gasteiger partial charge in [-0.15, -0.1) is 0 Å². The van der Waals surface area contributed by atoms with Gasteiger partial charge in [-0.25, -0.2) is 0 Å². The molecule has 0 unspecified atom stereocenters. The van der Waals surface area contributed by atoms with Crippen LogP contribution in [0.3, 0.4) is 0 Å². The monoisotopic (exact) mass is 279 g/mol. The van der Waals surface area contributed by atoms with E-state index in [9.17, 15) is 9.90 Å². The number of ketones is 1. The minimum atomic E-state index is -0.0232. The maximum absolute atomic E-state index is 12.9. The van der Waals surface area contributed by atoms with Gasteiger partial charge in [-0.2, -0.15) is 0 Å². The summed E-state index contributed by atoms with van der Waals surface area (Å²) in [5.41, 5.74) is 4.68. The second-order valence-corrected chi connectivity index (χ2v) is 5.46. The fraction of sp³-hybridized carbons (Fsp3) is 0.167. The Morgan fingerprint density at radius 2 is 1.67 bits per heavy atom. The van der Waals surface area contributed by atoms with Crippen molar-refractivity contribution in [1.29, 1.82) is 0 Å². The van der Waals surface area contributed by atoms with E-state index >= 15 is 0 Å².